The van der Waals surface area contributed by atoms with Gasteiger partial charge in [-0.1, -0.05) is 13.8 Å². The molecule has 0 aliphatic rings. The third-order valence-electron chi connectivity index (χ3n) is 2.26. The average molecular weight is 223 g/mol. The summed E-state index contributed by atoms with van der Waals surface area (Å²) in [5, 5.41) is 3.25. The summed E-state index contributed by atoms with van der Waals surface area (Å²) in [6.07, 6.45) is 3.77. The van der Waals surface area contributed by atoms with Crippen molar-refractivity contribution < 1.29 is 4.74 Å². The summed E-state index contributed by atoms with van der Waals surface area (Å²) in [6.45, 7) is 7.82. The lowest BCUT2D eigenvalue weighted by molar-refractivity contribution is 0.0536. The summed E-state index contributed by atoms with van der Waals surface area (Å²) in [6, 6.07) is 1.89. The van der Waals surface area contributed by atoms with Crippen LogP contribution in [-0.4, -0.2) is 23.1 Å². The first-order chi connectivity index (χ1) is 7.81. The van der Waals surface area contributed by atoms with Crippen LogP contribution in [0.15, 0.2) is 12.3 Å². The van der Waals surface area contributed by atoms with Gasteiger partial charge in [-0.3, -0.25) is 0 Å². The fourth-order valence-electron chi connectivity index (χ4n) is 1.46. The number of aromatic nitrogens is 2. The van der Waals surface area contributed by atoms with Gasteiger partial charge in [0.2, 0.25) is 0 Å². The van der Waals surface area contributed by atoms with Gasteiger partial charge < -0.3 is 10.1 Å². The van der Waals surface area contributed by atoms with Crippen molar-refractivity contribution in [1.82, 2.24) is 9.97 Å². The molecule has 4 nitrogen and oxygen atoms in total. The Morgan fingerprint density at radius 3 is 2.81 bits per heavy atom. The number of rotatable bonds is 7. The quantitative estimate of drug-likeness (QED) is 0.772. The number of nitrogens with one attached hydrogen (secondary N) is 1. The highest BCUT2D eigenvalue weighted by molar-refractivity contribution is 5.32. The first kappa shape index (κ1) is 12.9. The topological polar surface area (TPSA) is 47.0 Å². The van der Waals surface area contributed by atoms with Crippen LogP contribution < -0.4 is 5.32 Å². The Labute approximate surface area is 97.5 Å². The van der Waals surface area contributed by atoms with E-state index in [1.54, 1.807) is 6.20 Å². The standard InChI is InChI=1S/C12H21N3O/c1-4-8-13-11-7-9-14-12(15-11)10(5-2)16-6-3/h7,9-10H,4-6,8H2,1-3H3,(H,13,14,15). The maximum atomic E-state index is 5.58. The Bertz CT molecular complexity index is 304. The molecule has 0 saturated carbocycles. The van der Waals surface area contributed by atoms with Gasteiger partial charge in [0.25, 0.3) is 0 Å². The van der Waals surface area contributed by atoms with Crippen LogP contribution in [0.3, 0.4) is 0 Å². The Morgan fingerprint density at radius 1 is 1.38 bits per heavy atom. The number of hydrogen-bond acceptors (Lipinski definition) is 4. The van der Waals surface area contributed by atoms with Gasteiger partial charge in [0, 0.05) is 19.3 Å². The van der Waals surface area contributed by atoms with Crippen LogP contribution in [0.5, 0.6) is 0 Å². The van der Waals surface area contributed by atoms with Crippen LogP contribution in [0.2, 0.25) is 0 Å². The summed E-state index contributed by atoms with van der Waals surface area (Å²) in [7, 11) is 0. The van der Waals surface area contributed by atoms with Gasteiger partial charge >= 0.3 is 0 Å². The molecule has 16 heavy (non-hydrogen) atoms. The van der Waals surface area contributed by atoms with Crippen molar-refractivity contribution in [2.45, 2.75) is 39.7 Å². The highest BCUT2D eigenvalue weighted by Gasteiger charge is 2.12. The largest absolute Gasteiger partial charge is 0.371 e. The SMILES string of the molecule is CCCNc1ccnc(C(CC)OCC)n1. The average Bonchev–Trinajstić information content (AvgIpc) is 2.33. The minimum Gasteiger partial charge on any atom is -0.371 e. The number of anilines is 1. The van der Waals surface area contributed by atoms with Gasteiger partial charge in [-0.2, -0.15) is 0 Å². The first-order valence-electron chi connectivity index (χ1n) is 6.00. The molecule has 0 aromatic carbocycles. The second-order valence-electron chi connectivity index (χ2n) is 3.58. The lowest BCUT2D eigenvalue weighted by Crippen LogP contribution is -2.10. The highest BCUT2D eigenvalue weighted by atomic mass is 16.5. The molecule has 0 amide bonds. The maximum Gasteiger partial charge on any atom is 0.159 e. The van der Waals surface area contributed by atoms with Gasteiger partial charge in [0.15, 0.2) is 5.82 Å². The van der Waals surface area contributed by atoms with E-state index < -0.39 is 0 Å². The van der Waals surface area contributed by atoms with Crippen molar-refractivity contribution in [2.24, 2.45) is 0 Å². The van der Waals surface area contributed by atoms with Gasteiger partial charge in [-0.05, 0) is 25.8 Å². The molecule has 0 spiro atoms. The van der Waals surface area contributed by atoms with Crippen molar-refractivity contribution in [3.05, 3.63) is 18.1 Å². The third-order valence-corrected chi connectivity index (χ3v) is 2.26. The molecule has 4 heteroatoms. The highest BCUT2D eigenvalue weighted by Crippen LogP contribution is 2.17. The molecule has 1 unspecified atom stereocenters. The van der Waals surface area contributed by atoms with E-state index in [4.69, 9.17) is 4.74 Å². The van der Waals surface area contributed by atoms with Gasteiger partial charge in [-0.25, -0.2) is 9.97 Å². The second kappa shape index (κ2) is 7.17. The normalized spacial score (nSPS) is 12.4. The van der Waals surface area contributed by atoms with E-state index in [-0.39, 0.29) is 6.10 Å². The summed E-state index contributed by atoms with van der Waals surface area (Å²) in [5.74, 6) is 1.65. The van der Waals surface area contributed by atoms with Crippen LogP contribution in [-0.2, 0) is 4.74 Å². The predicted molar refractivity (Wildman–Crippen MR) is 65.5 cm³/mol. The van der Waals surface area contributed by atoms with Crippen LogP contribution in [0, 0.1) is 0 Å². The Balaban J connectivity index is 2.71. The molecule has 0 aliphatic heterocycles. The smallest absolute Gasteiger partial charge is 0.159 e. The molecule has 0 bridgehead atoms. The summed E-state index contributed by atoms with van der Waals surface area (Å²) < 4.78 is 5.58. The number of hydrogen-bond donors (Lipinski definition) is 1. The predicted octanol–water partition coefficient (Wildman–Crippen LogP) is 2.79. The van der Waals surface area contributed by atoms with E-state index >= 15 is 0 Å². The number of ether oxygens (including phenoxy) is 1. The Kier molecular flexibility index (Phi) is 5.78. The molecule has 0 aliphatic carbocycles. The van der Waals surface area contributed by atoms with E-state index in [1.165, 1.54) is 0 Å². The van der Waals surface area contributed by atoms with Gasteiger partial charge in [0.05, 0.1) is 0 Å². The molecule has 0 radical (unpaired) electrons. The Morgan fingerprint density at radius 2 is 2.19 bits per heavy atom. The van der Waals surface area contributed by atoms with Crippen molar-refractivity contribution in [2.75, 3.05) is 18.5 Å². The molecule has 1 aromatic rings. The zero-order chi connectivity index (χ0) is 11.8. The molecular weight excluding hydrogens is 202 g/mol. The molecule has 0 fully saturated rings. The van der Waals surface area contributed by atoms with Crippen molar-refractivity contribution in [1.29, 1.82) is 0 Å². The van der Waals surface area contributed by atoms with Crippen LogP contribution in [0.25, 0.3) is 0 Å². The molecule has 90 valence electrons. The van der Waals surface area contributed by atoms with Crippen LogP contribution >= 0.6 is 0 Å². The van der Waals surface area contributed by atoms with E-state index in [0.717, 1.165) is 31.0 Å². The minimum atomic E-state index is 0.00776. The van der Waals surface area contributed by atoms with Gasteiger partial charge in [0.1, 0.15) is 11.9 Å². The van der Waals surface area contributed by atoms with E-state index in [0.29, 0.717) is 6.61 Å². The van der Waals surface area contributed by atoms with E-state index in [1.807, 2.05) is 13.0 Å². The summed E-state index contributed by atoms with van der Waals surface area (Å²) >= 11 is 0. The van der Waals surface area contributed by atoms with Crippen LogP contribution in [0.4, 0.5) is 5.82 Å². The first-order valence-corrected chi connectivity index (χ1v) is 6.00. The molecular formula is C12H21N3O. The fraction of sp³-hybridized carbons (Fsp3) is 0.667. The molecule has 0 saturated heterocycles. The monoisotopic (exact) mass is 223 g/mol. The summed E-state index contributed by atoms with van der Waals surface area (Å²) in [5.41, 5.74) is 0. The zero-order valence-electron chi connectivity index (χ0n) is 10.4. The van der Waals surface area contributed by atoms with Gasteiger partial charge in [-0.15, -0.1) is 0 Å². The van der Waals surface area contributed by atoms with Crippen LogP contribution in [0.1, 0.15) is 45.5 Å². The molecule has 1 heterocycles. The maximum absolute atomic E-state index is 5.58. The van der Waals surface area contributed by atoms with E-state index in [9.17, 15) is 0 Å². The summed E-state index contributed by atoms with van der Waals surface area (Å²) in [4.78, 5) is 8.71. The third kappa shape index (κ3) is 3.77. The fourth-order valence-corrected chi connectivity index (χ4v) is 1.46. The molecule has 1 atom stereocenters. The molecule has 1 N–H and O–H groups in total. The van der Waals surface area contributed by atoms with Crippen molar-refractivity contribution in [3.63, 3.8) is 0 Å². The lowest BCUT2D eigenvalue weighted by Gasteiger charge is -2.14. The second-order valence-corrected chi connectivity index (χ2v) is 3.58. The Hall–Kier alpha value is -1.16. The zero-order valence-corrected chi connectivity index (χ0v) is 10.4. The van der Waals surface area contributed by atoms with Crippen molar-refractivity contribution >= 4 is 5.82 Å². The number of nitrogens with zero attached hydrogens (tertiary/aromatic N) is 2. The minimum absolute atomic E-state index is 0.00776. The lowest BCUT2D eigenvalue weighted by atomic mass is 10.2. The molecule has 1 rings (SSSR count). The van der Waals surface area contributed by atoms with Crippen molar-refractivity contribution in [3.8, 4) is 0 Å². The van der Waals surface area contributed by atoms with E-state index in [2.05, 4.69) is 29.1 Å². The molecule has 1 aromatic heterocycles.